The van der Waals surface area contributed by atoms with Crippen LogP contribution in [0.5, 0.6) is 0 Å². The van der Waals surface area contributed by atoms with E-state index in [4.69, 9.17) is 4.98 Å². The molecule has 0 amide bonds. The van der Waals surface area contributed by atoms with E-state index in [1.54, 1.807) is 0 Å². The minimum absolute atomic E-state index is 0.161. The van der Waals surface area contributed by atoms with Crippen molar-refractivity contribution in [2.24, 2.45) is 0 Å². The first-order valence-electron chi connectivity index (χ1n) is 10.8. The third-order valence-electron chi connectivity index (χ3n) is 6.56. The number of carbonyl (C=O) groups excluding carboxylic acids is 1. The standard InChI is InChI=1S/C27H23N3O/c1-17-11-13-18(14-12-17)20-15-22-25(24(31)16-20)26(19-7-3-2-4-8-19)30-23-10-6-5-9-21(23)28-27(30)29-22/h2-14,20,26H,15-16H2,1H3,(H,28,29)/t20-,26+/m1/s1. The molecular weight excluding hydrogens is 382 g/mol. The summed E-state index contributed by atoms with van der Waals surface area (Å²) in [5.41, 5.74) is 7.45. The first-order chi connectivity index (χ1) is 15.2. The van der Waals surface area contributed by atoms with Crippen LogP contribution >= 0.6 is 0 Å². The van der Waals surface area contributed by atoms with E-state index in [9.17, 15) is 4.79 Å². The maximum atomic E-state index is 13.6. The van der Waals surface area contributed by atoms with Crippen LogP contribution < -0.4 is 5.32 Å². The summed E-state index contributed by atoms with van der Waals surface area (Å²) in [6, 6.07) is 26.9. The lowest BCUT2D eigenvalue weighted by atomic mass is 9.77. The maximum absolute atomic E-state index is 13.6. The molecule has 3 aromatic carbocycles. The number of allylic oxidation sites excluding steroid dienone is 2. The van der Waals surface area contributed by atoms with Gasteiger partial charge in [0.2, 0.25) is 5.95 Å². The zero-order valence-electron chi connectivity index (χ0n) is 17.4. The lowest BCUT2D eigenvalue weighted by molar-refractivity contribution is -0.116. The van der Waals surface area contributed by atoms with Crippen LogP contribution in [0.1, 0.15) is 41.5 Å². The van der Waals surface area contributed by atoms with Crippen molar-refractivity contribution in [1.29, 1.82) is 0 Å². The molecule has 4 heteroatoms. The number of aromatic nitrogens is 2. The maximum Gasteiger partial charge on any atom is 0.209 e. The summed E-state index contributed by atoms with van der Waals surface area (Å²) < 4.78 is 2.19. The van der Waals surface area contributed by atoms with Crippen molar-refractivity contribution < 1.29 is 4.79 Å². The van der Waals surface area contributed by atoms with Gasteiger partial charge in [-0.15, -0.1) is 0 Å². The molecule has 6 rings (SSSR count). The molecular formula is C27H23N3O. The summed E-state index contributed by atoms with van der Waals surface area (Å²) in [5, 5.41) is 3.54. The van der Waals surface area contributed by atoms with Crippen LogP contribution in [-0.2, 0) is 4.79 Å². The van der Waals surface area contributed by atoms with Crippen molar-refractivity contribution >= 4 is 22.8 Å². The van der Waals surface area contributed by atoms with Crippen LogP contribution in [-0.4, -0.2) is 15.3 Å². The van der Waals surface area contributed by atoms with Gasteiger partial charge in [-0.1, -0.05) is 72.3 Å². The normalized spacial score (nSPS) is 20.4. The van der Waals surface area contributed by atoms with Crippen molar-refractivity contribution in [2.45, 2.75) is 31.7 Å². The smallest absolute Gasteiger partial charge is 0.209 e. The zero-order chi connectivity index (χ0) is 20.9. The average molecular weight is 406 g/mol. The van der Waals surface area contributed by atoms with Gasteiger partial charge in [0.25, 0.3) is 0 Å². The quantitative estimate of drug-likeness (QED) is 0.461. The van der Waals surface area contributed by atoms with Crippen LogP contribution in [0.15, 0.2) is 90.1 Å². The third-order valence-corrected chi connectivity index (χ3v) is 6.56. The predicted molar refractivity (Wildman–Crippen MR) is 123 cm³/mol. The Morgan fingerprint density at radius 3 is 2.42 bits per heavy atom. The van der Waals surface area contributed by atoms with Gasteiger partial charge in [-0.25, -0.2) is 4.98 Å². The molecule has 1 aliphatic heterocycles. The van der Waals surface area contributed by atoms with E-state index >= 15 is 0 Å². The molecule has 0 unspecified atom stereocenters. The summed E-state index contributed by atoms with van der Waals surface area (Å²) in [7, 11) is 0. The number of imidazole rings is 1. The Labute approximate surface area is 181 Å². The zero-order valence-corrected chi connectivity index (χ0v) is 17.4. The van der Waals surface area contributed by atoms with E-state index in [1.807, 2.05) is 36.4 Å². The average Bonchev–Trinajstić information content (AvgIpc) is 3.16. The fourth-order valence-corrected chi connectivity index (χ4v) is 5.05. The second-order valence-electron chi connectivity index (χ2n) is 8.56. The molecule has 1 N–H and O–H groups in total. The van der Waals surface area contributed by atoms with Gasteiger partial charge in [-0.2, -0.15) is 0 Å². The largest absolute Gasteiger partial charge is 0.329 e. The van der Waals surface area contributed by atoms with Gasteiger partial charge in [-0.3, -0.25) is 9.36 Å². The number of nitrogens with one attached hydrogen (secondary N) is 1. The first kappa shape index (κ1) is 18.1. The number of fused-ring (bicyclic) bond motifs is 3. The molecule has 0 saturated heterocycles. The minimum Gasteiger partial charge on any atom is -0.329 e. The second kappa shape index (κ2) is 6.95. The number of carbonyl (C=O) groups is 1. The highest BCUT2D eigenvalue weighted by Gasteiger charge is 2.39. The fraction of sp³-hybridized carbons (Fsp3) is 0.185. The molecule has 0 saturated carbocycles. The molecule has 2 heterocycles. The molecule has 4 nitrogen and oxygen atoms in total. The van der Waals surface area contributed by atoms with Gasteiger partial charge in [-0.05, 0) is 42.5 Å². The number of aryl methyl sites for hydroxylation is 1. The number of nitrogens with zero attached hydrogens (tertiary/aromatic N) is 2. The Bertz CT molecular complexity index is 1330. The SMILES string of the molecule is Cc1ccc([C@H]2CC(=O)C3=C(C2)Nc2nc4ccccc4n2[C@H]3c2ccccc2)cc1. The van der Waals surface area contributed by atoms with Gasteiger partial charge in [0.1, 0.15) is 0 Å². The Balaban J connectivity index is 1.51. The summed E-state index contributed by atoms with van der Waals surface area (Å²) in [6.45, 7) is 2.09. The minimum atomic E-state index is -0.161. The number of hydrogen-bond acceptors (Lipinski definition) is 3. The third kappa shape index (κ3) is 2.90. The lowest BCUT2D eigenvalue weighted by Gasteiger charge is -2.36. The van der Waals surface area contributed by atoms with Gasteiger partial charge in [0.05, 0.1) is 17.1 Å². The Morgan fingerprint density at radius 2 is 1.61 bits per heavy atom. The molecule has 1 aliphatic carbocycles. The molecule has 0 radical (unpaired) electrons. The Kier molecular flexibility index (Phi) is 4.06. The lowest BCUT2D eigenvalue weighted by Crippen LogP contribution is -2.33. The van der Waals surface area contributed by atoms with Crippen LogP contribution in [0.2, 0.25) is 0 Å². The van der Waals surface area contributed by atoms with Crippen molar-refractivity contribution in [3.8, 4) is 0 Å². The Morgan fingerprint density at radius 1 is 0.871 bits per heavy atom. The number of benzene rings is 3. The van der Waals surface area contributed by atoms with Gasteiger partial charge < -0.3 is 5.32 Å². The molecule has 0 fully saturated rings. The highest BCUT2D eigenvalue weighted by Crippen LogP contribution is 2.45. The van der Waals surface area contributed by atoms with Gasteiger partial charge in [0, 0.05) is 17.7 Å². The van der Waals surface area contributed by atoms with Crippen molar-refractivity contribution in [1.82, 2.24) is 9.55 Å². The van der Waals surface area contributed by atoms with Crippen molar-refractivity contribution in [2.75, 3.05) is 5.32 Å². The van der Waals surface area contributed by atoms with Crippen molar-refractivity contribution in [3.63, 3.8) is 0 Å². The fourth-order valence-electron chi connectivity index (χ4n) is 5.05. The summed E-state index contributed by atoms with van der Waals surface area (Å²) in [6.07, 6.45) is 1.35. The van der Waals surface area contributed by atoms with Crippen LogP contribution in [0.4, 0.5) is 5.95 Å². The highest BCUT2D eigenvalue weighted by molar-refractivity contribution is 6.01. The van der Waals surface area contributed by atoms with E-state index in [0.717, 1.165) is 40.2 Å². The van der Waals surface area contributed by atoms with E-state index in [1.165, 1.54) is 11.1 Å². The number of ketones is 1. The number of anilines is 1. The van der Waals surface area contributed by atoms with E-state index in [-0.39, 0.29) is 17.7 Å². The van der Waals surface area contributed by atoms with E-state index < -0.39 is 0 Å². The second-order valence-corrected chi connectivity index (χ2v) is 8.56. The summed E-state index contributed by atoms with van der Waals surface area (Å²) in [4.78, 5) is 18.5. The first-order valence-corrected chi connectivity index (χ1v) is 10.8. The number of hydrogen-bond donors (Lipinski definition) is 1. The van der Waals surface area contributed by atoms with Gasteiger partial charge >= 0.3 is 0 Å². The molecule has 4 aromatic rings. The molecule has 2 atom stereocenters. The van der Waals surface area contributed by atoms with E-state index in [2.05, 4.69) is 59.3 Å². The van der Waals surface area contributed by atoms with Crippen LogP contribution in [0, 0.1) is 6.92 Å². The molecule has 0 spiro atoms. The van der Waals surface area contributed by atoms with Crippen LogP contribution in [0.25, 0.3) is 11.0 Å². The monoisotopic (exact) mass is 405 g/mol. The Hall–Kier alpha value is -3.66. The molecule has 0 bridgehead atoms. The van der Waals surface area contributed by atoms with Crippen LogP contribution in [0.3, 0.4) is 0 Å². The topological polar surface area (TPSA) is 46.9 Å². The number of Topliss-reactive ketones (excluding diaryl/α,β-unsaturated/α-hetero) is 1. The molecule has 1 aromatic heterocycles. The summed E-state index contributed by atoms with van der Waals surface area (Å²) in [5.74, 6) is 1.22. The molecule has 152 valence electrons. The predicted octanol–water partition coefficient (Wildman–Crippen LogP) is 5.76. The van der Waals surface area contributed by atoms with E-state index in [0.29, 0.717) is 6.42 Å². The molecule has 2 aliphatic rings. The van der Waals surface area contributed by atoms with Gasteiger partial charge in [0.15, 0.2) is 5.78 Å². The van der Waals surface area contributed by atoms with Crippen molar-refractivity contribution in [3.05, 3.63) is 107 Å². The highest BCUT2D eigenvalue weighted by atomic mass is 16.1. The summed E-state index contributed by atoms with van der Waals surface area (Å²) >= 11 is 0. The number of rotatable bonds is 2. The number of para-hydroxylation sites is 2. The molecule has 31 heavy (non-hydrogen) atoms.